The minimum Gasteiger partial charge on any atom is -0.305 e. The van der Waals surface area contributed by atoms with Crippen molar-refractivity contribution in [2.24, 2.45) is 0 Å². The average molecular weight is 172 g/mol. The van der Waals surface area contributed by atoms with Crippen LogP contribution in [0, 0.1) is 0 Å². The molecule has 5 heteroatoms. The Balaban J connectivity index is 4.04. The van der Waals surface area contributed by atoms with Crippen molar-refractivity contribution in [3.63, 3.8) is 0 Å². The van der Waals surface area contributed by atoms with E-state index in [0.717, 1.165) is 0 Å². The van der Waals surface area contributed by atoms with Crippen LogP contribution in [0.3, 0.4) is 0 Å². The molecule has 0 saturated carbocycles. The zero-order chi connectivity index (χ0) is 6.78. The van der Waals surface area contributed by atoms with Gasteiger partial charge in [0, 0.05) is 11.2 Å². The molecule has 0 radical (unpaired) electrons. The summed E-state index contributed by atoms with van der Waals surface area (Å²) < 4.78 is 18.4. The summed E-state index contributed by atoms with van der Waals surface area (Å²) in [6, 6.07) is 0. The van der Waals surface area contributed by atoms with Gasteiger partial charge in [-0.1, -0.05) is 6.92 Å². The van der Waals surface area contributed by atoms with E-state index in [4.69, 9.17) is 4.55 Å². The first-order valence-electron chi connectivity index (χ1n) is 2.13. The van der Waals surface area contributed by atoms with Crippen molar-refractivity contribution in [2.45, 2.75) is 17.9 Å². The van der Waals surface area contributed by atoms with Crippen LogP contribution in [-0.2, 0) is 20.0 Å². The van der Waals surface area contributed by atoms with Gasteiger partial charge in [-0.3, -0.25) is 0 Å². The standard InChI is InChI=1S/C3H8O2S3/c1-2-3(6)8(4,5)7/h3,6H,2H2,1H3,(H,4,5,7). The van der Waals surface area contributed by atoms with Crippen LogP contribution in [0.1, 0.15) is 13.3 Å². The highest BCUT2D eigenvalue weighted by atomic mass is 32.8. The van der Waals surface area contributed by atoms with E-state index in [9.17, 15) is 4.21 Å². The number of hydrogen-bond donors (Lipinski definition) is 2. The zero-order valence-corrected chi connectivity index (χ0v) is 6.93. The second-order valence-corrected chi connectivity index (χ2v) is 5.38. The van der Waals surface area contributed by atoms with Crippen LogP contribution >= 0.6 is 12.6 Å². The van der Waals surface area contributed by atoms with Crippen molar-refractivity contribution in [3.05, 3.63) is 0 Å². The Morgan fingerprint density at radius 1 is 2.00 bits per heavy atom. The first kappa shape index (κ1) is 8.68. The van der Waals surface area contributed by atoms with Crippen LogP contribution in [0.4, 0.5) is 0 Å². The number of hydrogen-bond acceptors (Lipinski definition) is 3. The van der Waals surface area contributed by atoms with Gasteiger partial charge in [0.25, 0.3) is 0 Å². The molecule has 0 amide bonds. The minimum atomic E-state index is -3.06. The van der Waals surface area contributed by atoms with E-state index in [0.29, 0.717) is 6.42 Å². The Bertz CT molecular complexity index is 148. The zero-order valence-electron chi connectivity index (χ0n) is 4.40. The van der Waals surface area contributed by atoms with E-state index in [1.54, 1.807) is 6.92 Å². The third-order valence-electron chi connectivity index (χ3n) is 0.693. The van der Waals surface area contributed by atoms with Gasteiger partial charge in [0.05, 0.1) is 0 Å². The molecular formula is C3H8O2S3. The molecular weight excluding hydrogens is 164 g/mol. The van der Waals surface area contributed by atoms with Crippen LogP contribution in [0.15, 0.2) is 0 Å². The minimum absolute atomic E-state index is 0.530. The lowest BCUT2D eigenvalue weighted by Crippen LogP contribution is -2.10. The summed E-state index contributed by atoms with van der Waals surface area (Å²) in [7, 11) is -3.06. The summed E-state index contributed by atoms with van der Waals surface area (Å²) in [4.78, 5) is 0. The summed E-state index contributed by atoms with van der Waals surface area (Å²) in [5.41, 5.74) is 0. The van der Waals surface area contributed by atoms with E-state index in [1.807, 2.05) is 0 Å². The molecule has 0 spiro atoms. The Labute approximate surface area is 59.6 Å². The monoisotopic (exact) mass is 172 g/mol. The van der Waals surface area contributed by atoms with Gasteiger partial charge in [0.1, 0.15) is 4.58 Å². The molecule has 2 unspecified atom stereocenters. The van der Waals surface area contributed by atoms with Crippen LogP contribution in [-0.4, -0.2) is 13.3 Å². The highest BCUT2D eigenvalue weighted by Crippen LogP contribution is 2.06. The lowest BCUT2D eigenvalue weighted by atomic mass is 10.6. The Morgan fingerprint density at radius 2 is 2.38 bits per heavy atom. The van der Waals surface area contributed by atoms with Gasteiger partial charge >= 0.3 is 0 Å². The molecule has 2 atom stereocenters. The topological polar surface area (TPSA) is 37.3 Å². The van der Waals surface area contributed by atoms with E-state index in [2.05, 4.69) is 23.8 Å². The largest absolute Gasteiger partial charge is 0.305 e. The Hall–Kier alpha value is 0.680. The second kappa shape index (κ2) is 3.00. The predicted molar refractivity (Wildman–Crippen MR) is 41.2 cm³/mol. The van der Waals surface area contributed by atoms with E-state index < -0.39 is 13.4 Å². The second-order valence-electron chi connectivity index (χ2n) is 1.38. The third-order valence-corrected chi connectivity index (χ3v) is 4.06. The third kappa shape index (κ3) is 2.86. The van der Waals surface area contributed by atoms with Gasteiger partial charge in [-0.05, 0) is 6.42 Å². The molecule has 2 nitrogen and oxygen atoms in total. The van der Waals surface area contributed by atoms with Gasteiger partial charge in [-0.15, -0.1) is 0 Å². The molecule has 0 bridgehead atoms. The molecule has 50 valence electrons. The van der Waals surface area contributed by atoms with Gasteiger partial charge < -0.3 is 4.55 Å². The van der Waals surface area contributed by atoms with Crippen molar-refractivity contribution < 1.29 is 8.76 Å². The Morgan fingerprint density at radius 3 is 2.38 bits per heavy atom. The maximum atomic E-state index is 10.4. The quantitative estimate of drug-likeness (QED) is 0.607. The van der Waals surface area contributed by atoms with E-state index in [-0.39, 0.29) is 0 Å². The van der Waals surface area contributed by atoms with Crippen molar-refractivity contribution in [1.29, 1.82) is 0 Å². The highest BCUT2D eigenvalue weighted by molar-refractivity contribution is 8.33. The smallest absolute Gasteiger partial charge is 0.153 e. The van der Waals surface area contributed by atoms with Gasteiger partial charge in [-0.25, -0.2) is 4.21 Å². The molecule has 0 heterocycles. The van der Waals surface area contributed by atoms with Crippen molar-refractivity contribution in [3.8, 4) is 0 Å². The first-order valence-corrected chi connectivity index (χ1v) is 5.14. The Kier molecular flexibility index (Phi) is 3.26. The van der Waals surface area contributed by atoms with E-state index in [1.165, 1.54) is 0 Å². The molecule has 1 N–H and O–H groups in total. The highest BCUT2D eigenvalue weighted by Gasteiger charge is 2.09. The fourth-order valence-electron chi connectivity index (χ4n) is 0.211. The van der Waals surface area contributed by atoms with Gasteiger partial charge in [-0.2, -0.15) is 12.6 Å². The fraction of sp³-hybridized carbons (Fsp3) is 1.00. The molecule has 8 heavy (non-hydrogen) atoms. The first-order chi connectivity index (χ1) is 3.48. The lowest BCUT2D eigenvalue weighted by molar-refractivity contribution is 0.557. The molecule has 0 rings (SSSR count). The summed E-state index contributed by atoms with van der Waals surface area (Å²) in [6.45, 7) is 1.76. The van der Waals surface area contributed by atoms with Crippen LogP contribution in [0.25, 0.3) is 0 Å². The lowest BCUT2D eigenvalue weighted by Gasteiger charge is -2.03. The normalized spacial score (nSPS) is 21.9. The van der Waals surface area contributed by atoms with Gasteiger partial charge in [0.15, 0.2) is 8.77 Å². The van der Waals surface area contributed by atoms with Crippen LogP contribution < -0.4 is 0 Å². The summed E-state index contributed by atoms with van der Waals surface area (Å²) >= 11 is 7.99. The number of thiol groups is 1. The van der Waals surface area contributed by atoms with Gasteiger partial charge in [0.2, 0.25) is 0 Å². The van der Waals surface area contributed by atoms with Crippen molar-refractivity contribution >= 4 is 32.6 Å². The molecule has 0 fully saturated rings. The summed E-state index contributed by atoms with van der Waals surface area (Å²) in [5, 5.41) is 0. The maximum Gasteiger partial charge on any atom is 0.153 e. The summed E-state index contributed by atoms with van der Waals surface area (Å²) in [5.74, 6) is 0. The van der Waals surface area contributed by atoms with Crippen LogP contribution in [0.2, 0.25) is 0 Å². The SMILES string of the molecule is CCC(S)S(=O)(O)=S. The molecule has 0 aliphatic rings. The average Bonchev–Trinajstić information content (AvgIpc) is 1.62. The summed E-state index contributed by atoms with van der Waals surface area (Å²) in [6.07, 6.45) is 0.530. The molecule has 0 aliphatic heterocycles. The predicted octanol–water partition coefficient (Wildman–Crippen LogP) is 0.872. The molecule has 0 aromatic carbocycles. The molecule has 0 aromatic heterocycles. The van der Waals surface area contributed by atoms with Crippen molar-refractivity contribution in [2.75, 3.05) is 0 Å². The maximum absolute atomic E-state index is 10.4. The van der Waals surface area contributed by atoms with Crippen LogP contribution in [0.5, 0.6) is 0 Å². The van der Waals surface area contributed by atoms with E-state index >= 15 is 0 Å². The fourth-order valence-corrected chi connectivity index (χ4v) is 1.04. The molecule has 0 aromatic rings. The molecule has 0 aliphatic carbocycles. The van der Waals surface area contributed by atoms with Crippen molar-refractivity contribution in [1.82, 2.24) is 0 Å². The number of rotatable bonds is 2. The molecule has 0 saturated heterocycles.